The van der Waals surface area contributed by atoms with E-state index < -0.39 is 5.97 Å². The van der Waals surface area contributed by atoms with Gasteiger partial charge in [-0.2, -0.15) is 0 Å². The second-order valence-electron chi connectivity index (χ2n) is 4.06. The number of rotatable bonds is 3. The number of methoxy groups -OCH3 is 1. The number of carbonyl (C=O) groups excluding carboxylic acids is 1. The molecule has 98 valence electrons. The zero-order valence-electron chi connectivity index (χ0n) is 10.6. The highest BCUT2D eigenvalue weighted by Crippen LogP contribution is 2.26. The van der Waals surface area contributed by atoms with E-state index in [1.165, 1.54) is 0 Å². The number of halogens is 1. The van der Waals surface area contributed by atoms with Gasteiger partial charge < -0.3 is 9.47 Å². The van der Waals surface area contributed by atoms with Gasteiger partial charge in [0.1, 0.15) is 11.5 Å². The van der Waals surface area contributed by atoms with Gasteiger partial charge in [-0.05, 0) is 58.7 Å². The van der Waals surface area contributed by atoms with Gasteiger partial charge in [-0.1, -0.05) is 12.1 Å². The molecule has 0 atom stereocenters. The fraction of sp³-hybridized carbons (Fsp3) is 0.133. The molecule has 0 spiro atoms. The summed E-state index contributed by atoms with van der Waals surface area (Å²) in [6.07, 6.45) is 0. The number of hydrogen-bond acceptors (Lipinski definition) is 3. The molecule has 0 bridgehead atoms. The zero-order valence-corrected chi connectivity index (χ0v) is 12.2. The summed E-state index contributed by atoms with van der Waals surface area (Å²) < 4.78 is 11.1. The third-order valence-electron chi connectivity index (χ3n) is 2.59. The summed E-state index contributed by atoms with van der Waals surface area (Å²) in [6, 6.07) is 12.4. The number of aryl methyl sites for hydroxylation is 1. The second-order valence-corrected chi connectivity index (χ2v) is 4.91. The first-order chi connectivity index (χ1) is 9.10. The van der Waals surface area contributed by atoms with E-state index >= 15 is 0 Å². The number of benzene rings is 2. The molecule has 0 unspecified atom stereocenters. The molecule has 2 aromatic rings. The van der Waals surface area contributed by atoms with Gasteiger partial charge in [0.15, 0.2) is 0 Å². The topological polar surface area (TPSA) is 35.5 Å². The SMILES string of the molecule is COc1ccc(C(=O)Oc2cccc(C)c2)cc1Br. The van der Waals surface area contributed by atoms with Gasteiger partial charge in [-0.25, -0.2) is 4.79 Å². The van der Waals surface area contributed by atoms with Crippen LogP contribution in [0.1, 0.15) is 15.9 Å². The van der Waals surface area contributed by atoms with Crippen molar-refractivity contribution >= 4 is 21.9 Å². The Bertz CT molecular complexity index is 608. The van der Waals surface area contributed by atoms with E-state index in [0.717, 1.165) is 5.56 Å². The summed E-state index contributed by atoms with van der Waals surface area (Å²) in [7, 11) is 1.57. The van der Waals surface area contributed by atoms with Crippen molar-refractivity contribution in [2.75, 3.05) is 7.11 Å². The molecule has 3 nitrogen and oxygen atoms in total. The van der Waals surface area contributed by atoms with Crippen LogP contribution in [-0.4, -0.2) is 13.1 Å². The average molecular weight is 321 g/mol. The predicted molar refractivity (Wildman–Crippen MR) is 76.8 cm³/mol. The van der Waals surface area contributed by atoms with Crippen LogP contribution >= 0.6 is 15.9 Å². The van der Waals surface area contributed by atoms with E-state index in [0.29, 0.717) is 21.5 Å². The molecule has 0 aliphatic carbocycles. The van der Waals surface area contributed by atoms with Crippen LogP contribution in [-0.2, 0) is 0 Å². The molecular formula is C15H13BrO3. The van der Waals surface area contributed by atoms with Gasteiger partial charge in [0, 0.05) is 0 Å². The monoisotopic (exact) mass is 320 g/mol. The van der Waals surface area contributed by atoms with Crippen molar-refractivity contribution in [3.63, 3.8) is 0 Å². The average Bonchev–Trinajstić information content (AvgIpc) is 2.38. The van der Waals surface area contributed by atoms with Crippen LogP contribution in [0.3, 0.4) is 0 Å². The Morgan fingerprint density at radius 2 is 1.95 bits per heavy atom. The van der Waals surface area contributed by atoms with E-state index in [4.69, 9.17) is 9.47 Å². The lowest BCUT2D eigenvalue weighted by Gasteiger charge is -2.07. The van der Waals surface area contributed by atoms with Crippen molar-refractivity contribution in [1.82, 2.24) is 0 Å². The van der Waals surface area contributed by atoms with Gasteiger partial charge >= 0.3 is 5.97 Å². The van der Waals surface area contributed by atoms with E-state index in [1.807, 2.05) is 25.1 Å². The Morgan fingerprint density at radius 1 is 1.16 bits per heavy atom. The molecule has 4 heteroatoms. The molecule has 0 aliphatic rings. The van der Waals surface area contributed by atoms with Crippen molar-refractivity contribution in [3.05, 3.63) is 58.1 Å². The highest BCUT2D eigenvalue weighted by atomic mass is 79.9. The molecule has 2 aromatic carbocycles. The summed E-state index contributed by atoms with van der Waals surface area (Å²) in [5.74, 6) is 0.818. The minimum atomic E-state index is -0.394. The molecule has 0 radical (unpaired) electrons. The molecule has 19 heavy (non-hydrogen) atoms. The molecule has 0 aromatic heterocycles. The quantitative estimate of drug-likeness (QED) is 0.633. The molecule has 0 fully saturated rings. The molecular weight excluding hydrogens is 308 g/mol. The number of hydrogen-bond donors (Lipinski definition) is 0. The minimum Gasteiger partial charge on any atom is -0.496 e. The predicted octanol–water partition coefficient (Wildman–Crippen LogP) is 3.99. The van der Waals surface area contributed by atoms with E-state index in [9.17, 15) is 4.79 Å². The number of esters is 1. The Hall–Kier alpha value is -1.81. The standard InChI is InChI=1S/C15H13BrO3/c1-10-4-3-5-12(8-10)19-15(17)11-6-7-14(18-2)13(16)9-11/h3-9H,1-2H3. The van der Waals surface area contributed by atoms with Crippen LogP contribution < -0.4 is 9.47 Å². The highest BCUT2D eigenvalue weighted by Gasteiger charge is 2.11. The summed E-state index contributed by atoms with van der Waals surface area (Å²) in [4.78, 5) is 12.0. The van der Waals surface area contributed by atoms with Crippen molar-refractivity contribution in [2.45, 2.75) is 6.92 Å². The fourth-order valence-corrected chi connectivity index (χ4v) is 2.18. The van der Waals surface area contributed by atoms with E-state index in [-0.39, 0.29) is 0 Å². The summed E-state index contributed by atoms with van der Waals surface area (Å²) in [5.41, 5.74) is 1.51. The van der Waals surface area contributed by atoms with Crippen molar-refractivity contribution in [3.8, 4) is 11.5 Å². The van der Waals surface area contributed by atoms with Crippen molar-refractivity contribution in [2.24, 2.45) is 0 Å². The maximum Gasteiger partial charge on any atom is 0.343 e. The Kier molecular flexibility index (Phi) is 4.22. The summed E-state index contributed by atoms with van der Waals surface area (Å²) >= 11 is 3.34. The highest BCUT2D eigenvalue weighted by molar-refractivity contribution is 9.10. The third kappa shape index (κ3) is 3.35. The van der Waals surface area contributed by atoms with Gasteiger partial charge in [-0.3, -0.25) is 0 Å². The molecule has 0 saturated heterocycles. The maximum atomic E-state index is 12.0. The van der Waals surface area contributed by atoms with Gasteiger partial charge in [0.25, 0.3) is 0 Å². The van der Waals surface area contributed by atoms with E-state index in [2.05, 4.69) is 15.9 Å². The lowest BCUT2D eigenvalue weighted by Crippen LogP contribution is -2.08. The smallest absolute Gasteiger partial charge is 0.343 e. The van der Waals surface area contributed by atoms with Crippen LogP contribution in [0.25, 0.3) is 0 Å². The molecule has 0 saturated carbocycles. The van der Waals surface area contributed by atoms with Crippen molar-refractivity contribution < 1.29 is 14.3 Å². The fourth-order valence-electron chi connectivity index (χ4n) is 1.64. The first-order valence-corrected chi connectivity index (χ1v) is 6.52. The first kappa shape index (κ1) is 13.6. The van der Waals surface area contributed by atoms with Crippen LogP contribution in [0.15, 0.2) is 46.9 Å². The maximum absolute atomic E-state index is 12.0. The minimum absolute atomic E-state index is 0.394. The molecule has 0 heterocycles. The summed E-state index contributed by atoms with van der Waals surface area (Å²) in [6.45, 7) is 1.95. The lowest BCUT2D eigenvalue weighted by atomic mass is 10.2. The van der Waals surface area contributed by atoms with Crippen LogP contribution in [0.4, 0.5) is 0 Å². The summed E-state index contributed by atoms with van der Waals surface area (Å²) in [5, 5.41) is 0. The zero-order chi connectivity index (χ0) is 13.8. The molecule has 0 amide bonds. The Labute approximate surface area is 120 Å². The number of carbonyl (C=O) groups is 1. The molecule has 2 rings (SSSR count). The first-order valence-electron chi connectivity index (χ1n) is 5.72. The van der Waals surface area contributed by atoms with Gasteiger partial charge in [0.2, 0.25) is 0 Å². The number of ether oxygens (including phenoxy) is 2. The van der Waals surface area contributed by atoms with Crippen LogP contribution in [0, 0.1) is 6.92 Å². The van der Waals surface area contributed by atoms with Crippen molar-refractivity contribution in [1.29, 1.82) is 0 Å². The van der Waals surface area contributed by atoms with Crippen LogP contribution in [0.5, 0.6) is 11.5 Å². The lowest BCUT2D eigenvalue weighted by molar-refractivity contribution is 0.0734. The Morgan fingerprint density at radius 3 is 2.58 bits per heavy atom. The molecule has 0 aliphatic heterocycles. The van der Waals surface area contributed by atoms with Crippen LogP contribution in [0.2, 0.25) is 0 Å². The Balaban J connectivity index is 2.18. The van der Waals surface area contributed by atoms with Gasteiger partial charge in [0.05, 0.1) is 17.1 Å². The van der Waals surface area contributed by atoms with Gasteiger partial charge in [-0.15, -0.1) is 0 Å². The molecule has 0 N–H and O–H groups in total. The normalized spacial score (nSPS) is 10.1. The third-order valence-corrected chi connectivity index (χ3v) is 3.21. The van der Waals surface area contributed by atoms with E-state index in [1.54, 1.807) is 31.4 Å². The largest absolute Gasteiger partial charge is 0.496 e. The second kappa shape index (κ2) is 5.89.